The molecule has 3 aromatic rings. The Morgan fingerprint density at radius 2 is 1.65 bits per heavy atom. The van der Waals surface area contributed by atoms with E-state index in [1.807, 2.05) is 36.2 Å². The SMILES string of the molecule is C=C1CCC(N2C(=O)c3ccc(N4CCC[C@@H]4CN4CCC(c5ccc(Nc6nc(N7CCC[C@H](N8CCN(C)C8=O)C7)cnc6C(N)=O)cc5)CC4)cc3C2=O)C(=O)N1. The Morgan fingerprint density at radius 3 is 2.38 bits per heavy atom. The fraction of sp³-hybridized carbons (Fsp3) is 0.477. The molecular weight excluding hydrogens is 763 g/mol. The van der Waals surface area contributed by atoms with Gasteiger partial charge in [0, 0.05) is 69.4 Å². The molecule has 9 rings (SSSR count). The van der Waals surface area contributed by atoms with Crippen LogP contribution in [0.4, 0.5) is 27.8 Å². The Bertz CT molecular complexity index is 2220. The summed E-state index contributed by atoms with van der Waals surface area (Å²) in [5.74, 6) is -0.471. The van der Waals surface area contributed by atoms with E-state index in [0.717, 1.165) is 101 Å². The summed E-state index contributed by atoms with van der Waals surface area (Å²) in [6, 6.07) is 13.5. The van der Waals surface area contributed by atoms with E-state index in [2.05, 4.69) is 49.0 Å². The number of anilines is 4. The first kappa shape index (κ1) is 39.4. The number of primary amides is 1. The number of aromatic nitrogens is 2. The van der Waals surface area contributed by atoms with Crippen LogP contribution in [0.5, 0.6) is 0 Å². The molecule has 0 saturated carbocycles. The molecule has 0 aliphatic carbocycles. The Labute approximate surface area is 349 Å². The molecule has 7 heterocycles. The molecule has 0 spiro atoms. The van der Waals surface area contributed by atoms with Crippen LogP contribution in [0.1, 0.15) is 94.1 Å². The Kier molecular flexibility index (Phi) is 10.6. The third-order valence-electron chi connectivity index (χ3n) is 13.3. The molecule has 314 valence electrons. The van der Waals surface area contributed by atoms with Gasteiger partial charge in [-0.2, -0.15) is 0 Å². The molecule has 1 aromatic heterocycles. The Morgan fingerprint density at radius 1 is 0.883 bits per heavy atom. The fourth-order valence-electron chi connectivity index (χ4n) is 10.0. The van der Waals surface area contributed by atoms with Crippen molar-refractivity contribution in [1.29, 1.82) is 0 Å². The number of fused-ring (bicyclic) bond motifs is 1. The highest BCUT2D eigenvalue weighted by Crippen LogP contribution is 2.36. The van der Waals surface area contributed by atoms with Gasteiger partial charge in [-0.25, -0.2) is 14.8 Å². The van der Waals surface area contributed by atoms with Gasteiger partial charge in [0.1, 0.15) is 11.9 Å². The van der Waals surface area contributed by atoms with Crippen LogP contribution in [-0.4, -0.2) is 137 Å². The third kappa shape index (κ3) is 7.52. The van der Waals surface area contributed by atoms with Crippen molar-refractivity contribution in [3.63, 3.8) is 0 Å². The number of carbonyl (C=O) groups is 5. The minimum Gasteiger partial charge on any atom is -0.367 e. The third-order valence-corrected chi connectivity index (χ3v) is 13.3. The number of rotatable bonds is 10. The summed E-state index contributed by atoms with van der Waals surface area (Å²) in [6.45, 7) is 10.4. The van der Waals surface area contributed by atoms with E-state index in [1.165, 1.54) is 5.56 Å². The van der Waals surface area contributed by atoms with Crippen LogP contribution in [0.3, 0.4) is 0 Å². The predicted octanol–water partition coefficient (Wildman–Crippen LogP) is 3.89. The maximum absolute atomic E-state index is 13.5. The van der Waals surface area contributed by atoms with Crippen molar-refractivity contribution in [3.8, 4) is 0 Å². The molecule has 6 amide bonds. The van der Waals surface area contributed by atoms with E-state index in [-0.39, 0.29) is 23.7 Å². The van der Waals surface area contributed by atoms with Gasteiger partial charge < -0.3 is 40.9 Å². The molecule has 2 aromatic carbocycles. The number of imide groups is 1. The summed E-state index contributed by atoms with van der Waals surface area (Å²) in [7, 11) is 1.83. The second-order valence-corrected chi connectivity index (χ2v) is 17.1. The number of nitrogens with two attached hydrogens (primary N) is 1. The number of nitrogens with one attached hydrogen (secondary N) is 2. The highest BCUT2D eigenvalue weighted by Gasteiger charge is 2.44. The summed E-state index contributed by atoms with van der Waals surface area (Å²) in [5.41, 5.74) is 10.1. The number of hydrogen-bond acceptors (Lipinski definition) is 11. The smallest absolute Gasteiger partial charge is 0.320 e. The topological polar surface area (TPSA) is 181 Å². The lowest BCUT2D eigenvalue weighted by Crippen LogP contribution is -2.51. The van der Waals surface area contributed by atoms with Crippen molar-refractivity contribution < 1.29 is 24.0 Å². The van der Waals surface area contributed by atoms with Crippen LogP contribution < -0.4 is 26.2 Å². The van der Waals surface area contributed by atoms with Gasteiger partial charge in [0.25, 0.3) is 17.7 Å². The maximum Gasteiger partial charge on any atom is 0.320 e. The molecule has 5 fully saturated rings. The summed E-state index contributed by atoms with van der Waals surface area (Å²) >= 11 is 0. The second-order valence-electron chi connectivity index (χ2n) is 17.1. The molecule has 1 unspecified atom stereocenters. The normalized spacial score (nSPS) is 24.1. The van der Waals surface area contributed by atoms with E-state index < -0.39 is 23.8 Å². The van der Waals surface area contributed by atoms with Crippen LogP contribution in [-0.2, 0) is 4.79 Å². The number of likely N-dealkylation sites (N-methyl/N-ethyl adjacent to an activating group) is 1. The van der Waals surface area contributed by atoms with Gasteiger partial charge >= 0.3 is 6.03 Å². The zero-order chi connectivity index (χ0) is 41.7. The number of hydrogen-bond donors (Lipinski definition) is 3. The van der Waals surface area contributed by atoms with E-state index in [0.29, 0.717) is 59.8 Å². The molecule has 5 saturated heterocycles. The van der Waals surface area contributed by atoms with E-state index >= 15 is 0 Å². The maximum atomic E-state index is 13.5. The van der Waals surface area contributed by atoms with E-state index in [1.54, 1.807) is 17.2 Å². The molecular formula is C44H53N11O5. The van der Waals surface area contributed by atoms with Crippen LogP contribution >= 0.6 is 0 Å². The number of benzene rings is 2. The van der Waals surface area contributed by atoms with Crippen LogP contribution in [0, 0.1) is 0 Å². The van der Waals surface area contributed by atoms with Crippen molar-refractivity contribution in [1.82, 2.24) is 34.9 Å². The molecule has 4 N–H and O–H groups in total. The predicted molar refractivity (Wildman–Crippen MR) is 226 cm³/mol. The lowest BCUT2D eigenvalue weighted by molar-refractivity contribution is -0.125. The summed E-state index contributed by atoms with van der Waals surface area (Å²) in [4.78, 5) is 85.8. The fourth-order valence-corrected chi connectivity index (χ4v) is 10.0. The summed E-state index contributed by atoms with van der Waals surface area (Å²) in [6.07, 6.45) is 8.52. The van der Waals surface area contributed by atoms with Crippen molar-refractivity contribution in [2.24, 2.45) is 5.73 Å². The number of urea groups is 1. The van der Waals surface area contributed by atoms with Gasteiger partial charge in [-0.15, -0.1) is 0 Å². The lowest BCUT2D eigenvalue weighted by atomic mass is 9.89. The minimum atomic E-state index is -0.824. The zero-order valence-corrected chi connectivity index (χ0v) is 34.1. The zero-order valence-electron chi connectivity index (χ0n) is 34.1. The molecule has 60 heavy (non-hydrogen) atoms. The van der Waals surface area contributed by atoms with Crippen LogP contribution in [0.2, 0.25) is 0 Å². The molecule has 0 radical (unpaired) electrons. The van der Waals surface area contributed by atoms with Gasteiger partial charge in [-0.3, -0.25) is 24.1 Å². The standard InChI is InChI=1S/C44H53N11O5/c1-27-7-14-36(41(57)47-27)55-42(58)34-13-12-31(23-35(34)43(55)59)53-18-4-6-32(53)25-51-19-15-29(16-20-51)28-8-10-30(11-9-28)48-40-38(39(45)56)46-24-37(49-40)52-17-3-5-33(26-52)54-22-21-50(2)44(54)60/h8-13,23-24,29,32-33,36H,1,3-7,14-22,25-26H2,2H3,(H2,45,56)(H,47,57)(H,48,49)/t32-,33+,36?/m1/s1. The van der Waals surface area contributed by atoms with Crippen LogP contribution in [0.15, 0.2) is 60.9 Å². The largest absolute Gasteiger partial charge is 0.367 e. The average Bonchev–Trinajstić information content (AvgIpc) is 3.93. The first-order chi connectivity index (χ1) is 29.0. The molecule has 6 aliphatic rings. The van der Waals surface area contributed by atoms with Crippen molar-refractivity contribution in [2.45, 2.75) is 75.4 Å². The highest BCUT2D eigenvalue weighted by atomic mass is 16.2. The van der Waals surface area contributed by atoms with Crippen molar-refractivity contribution >= 4 is 52.7 Å². The average molecular weight is 816 g/mol. The van der Waals surface area contributed by atoms with Gasteiger partial charge in [0.05, 0.1) is 23.4 Å². The molecule has 16 heteroatoms. The number of likely N-dealkylation sites (tertiary alicyclic amines) is 1. The minimum absolute atomic E-state index is 0.0616. The number of carbonyl (C=O) groups excluding carboxylic acids is 5. The number of amides is 6. The van der Waals surface area contributed by atoms with E-state index in [9.17, 15) is 24.0 Å². The van der Waals surface area contributed by atoms with Crippen LogP contribution in [0.25, 0.3) is 0 Å². The van der Waals surface area contributed by atoms with Crippen molar-refractivity contribution in [3.05, 3.63) is 83.3 Å². The first-order valence-electron chi connectivity index (χ1n) is 21.3. The molecule has 0 bridgehead atoms. The number of nitrogens with zero attached hydrogens (tertiary/aromatic N) is 8. The number of allylic oxidation sites excluding steroid dienone is 1. The quantitative estimate of drug-likeness (QED) is 0.253. The monoisotopic (exact) mass is 815 g/mol. The van der Waals surface area contributed by atoms with Crippen molar-refractivity contribution in [2.75, 3.05) is 74.5 Å². The van der Waals surface area contributed by atoms with Gasteiger partial charge in [-0.1, -0.05) is 18.7 Å². The van der Waals surface area contributed by atoms with Gasteiger partial charge in [-0.05, 0) is 106 Å². The lowest BCUT2D eigenvalue weighted by Gasteiger charge is -2.37. The Hall–Kier alpha value is -6.03. The van der Waals surface area contributed by atoms with Gasteiger partial charge in [0.15, 0.2) is 11.5 Å². The number of piperidine rings is 3. The highest BCUT2D eigenvalue weighted by molar-refractivity contribution is 6.23. The molecule has 16 nitrogen and oxygen atoms in total. The Balaban J connectivity index is 0.801. The summed E-state index contributed by atoms with van der Waals surface area (Å²) < 4.78 is 0. The molecule has 3 atom stereocenters. The molecule has 6 aliphatic heterocycles. The second kappa shape index (κ2) is 16.2. The van der Waals surface area contributed by atoms with Gasteiger partial charge in [0.2, 0.25) is 5.91 Å². The van der Waals surface area contributed by atoms with E-state index in [4.69, 9.17) is 10.7 Å². The summed E-state index contributed by atoms with van der Waals surface area (Å²) in [5, 5.41) is 6.00. The first-order valence-corrected chi connectivity index (χ1v) is 21.3.